The van der Waals surface area contributed by atoms with E-state index in [-0.39, 0.29) is 23.3 Å². The number of hydrogen-bond acceptors (Lipinski definition) is 5. The third-order valence-corrected chi connectivity index (χ3v) is 5.62. The molecule has 1 aromatic heterocycles. The van der Waals surface area contributed by atoms with Gasteiger partial charge in [-0.2, -0.15) is 5.10 Å². The van der Waals surface area contributed by atoms with Crippen molar-refractivity contribution in [1.82, 2.24) is 14.7 Å². The first-order valence-corrected chi connectivity index (χ1v) is 10.4. The Morgan fingerprint density at radius 1 is 1.12 bits per heavy atom. The maximum absolute atomic E-state index is 12.2. The monoisotopic (exact) mass is 451 g/mol. The van der Waals surface area contributed by atoms with Crippen molar-refractivity contribution < 1.29 is 14.3 Å². The number of anilines is 1. The number of likely N-dealkylation sites (tertiary alicyclic amines) is 1. The van der Waals surface area contributed by atoms with Gasteiger partial charge in [-0.05, 0) is 61.0 Å². The Bertz CT molecular complexity index is 1170. The number of carbonyl (C=O) groups excluding carboxylic acids is 2. The zero-order valence-corrected chi connectivity index (χ0v) is 18.0. The van der Waals surface area contributed by atoms with E-state index in [2.05, 4.69) is 11.7 Å². The van der Waals surface area contributed by atoms with Crippen molar-refractivity contribution in [3.63, 3.8) is 0 Å². The van der Waals surface area contributed by atoms with Crippen LogP contribution in [0.1, 0.15) is 22.8 Å². The predicted octanol–water partition coefficient (Wildman–Crippen LogP) is 3.64. The molecule has 9 heteroatoms. The first-order chi connectivity index (χ1) is 15.4. The van der Waals surface area contributed by atoms with Gasteiger partial charge in [0.25, 0.3) is 5.91 Å². The number of nitrogens with two attached hydrogens (primary N) is 2. The number of primary amides is 1. The first-order valence-electron chi connectivity index (χ1n) is 10.0. The average molecular weight is 452 g/mol. The second kappa shape index (κ2) is 8.76. The highest BCUT2D eigenvalue weighted by Gasteiger charge is 2.31. The van der Waals surface area contributed by atoms with E-state index in [1.165, 1.54) is 6.08 Å². The van der Waals surface area contributed by atoms with Gasteiger partial charge >= 0.3 is 0 Å². The van der Waals surface area contributed by atoms with Gasteiger partial charge in [-0.1, -0.05) is 18.2 Å². The molecule has 32 heavy (non-hydrogen) atoms. The highest BCUT2D eigenvalue weighted by molar-refractivity contribution is 6.30. The topological polar surface area (TPSA) is 116 Å². The van der Waals surface area contributed by atoms with Crippen LogP contribution < -0.4 is 16.2 Å². The molecule has 3 aromatic rings. The van der Waals surface area contributed by atoms with Crippen molar-refractivity contribution >= 4 is 29.2 Å². The summed E-state index contributed by atoms with van der Waals surface area (Å²) in [7, 11) is 0. The van der Waals surface area contributed by atoms with Crippen LogP contribution in [0.4, 0.5) is 5.82 Å². The second-order valence-electron chi connectivity index (χ2n) is 7.43. The molecule has 2 amide bonds. The minimum absolute atomic E-state index is 0.148. The molecule has 0 radical (unpaired) electrons. The summed E-state index contributed by atoms with van der Waals surface area (Å²) >= 11 is 5.90. The van der Waals surface area contributed by atoms with Crippen molar-refractivity contribution in [2.24, 2.45) is 5.73 Å². The molecule has 4 rings (SSSR count). The molecule has 1 aliphatic heterocycles. The third kappa shape index (κ3) is 4.17. The number of carbonyl (C=O) groups is 2. The number of rotatable bonds is 6. The van der Waals surface area contributed by atoms with Gasteiger partial charge in [0.1, 0.15) is 28.6 Å². The molecule has 1 saturated heterocycles. The largest absolute Gasteiger partial charge is 0.457 e. The molecule has 1 unspecified atom stereocenters. The standard InChI is InChI=1S/C23H22ClN5O3/c1-2-19(30)28-12-11-16(13-28)29-22(25)20(23(26)31)21(27-29)14-3-7-17(8-4-14)32-18-9-5-15(24)6-10-18/h2-10,16H,1,11-13,25H2,(H2,26,31). The Labute approximate surface area is 190 Å². The lowest BCUT2D eigenvalue weighted by Gasteiger charge is -2.15. The number of aromatic nitrogens is 2. The van der Waals surface area contributed by atoms with E-state index < -0.39 is 5.91 Å². The molecule has 2 aromatic carbocycles. The number of hydrogen-bond donors (Lipinski definition) is 2. The average Bonchev–Trinajstić information content (AvgIpc) is 3.40. The van der Waals surface area contributed by atoms with Crippen LogP contribution in [0.2, 0.25) is 5.02 Å². The highest BCUT2D eigenvalue weighted by Crippen LogP contribution is 2.33. The Balaban J connectivity index is 1.61. The molecular formula is C23H22ClN5O3. The molecule has 1 fully saturated rings. The first kappa shape index (κ1) is 21.5. The number of nitrogen functional groups attached to an aromatic ring is 1. The molecular weight excluding hydrogens is 430 g/mol. The van der Waals surface area contributed by atoms with Gasteiger partial charge in [-0.3, -0.25) is 9.59 Å². The Morgan fingerprint density at radius 2 is 1.75 bits per heavy atom. The van der Waals surface area contributed by atoms with E-state index in [0.29, 0.717) is 47.3 Å². The van der Waals surface area contributed by atoms with Crippen molar-refractivity contribution in [1.29, 1.82) is 0 Å². The minimum Gasteiger partial charge on any atom is -0.457 e. The quantitative estimate of drug-likeness (QED) is 0.555. The Hall–Kier alpha value is -3.78. The van der Waals surface area contributed by atoms with Crippen LogP contribution in [-0.2, 0) is 4.79 Å². The van der Waals surface area contributed by atoms with Crippen molar-refractivity contribution in [2.75, 3.05) is 18.8 Å². The summed E-state index contributed by atoms with van der Waals surface area (Å²) in [6, 6.07) is 14.0. The van der Waals surface area contributed by atoms with E-state index in [1.807, 2.05) is 0 Å². The lowest BCUT2D eigenvalue weighted by atomic mass is 10.1. The van der Waals surface area contributed by atoms with Crippen LogP contribution in [-0.4, -0.2) is 39.6 Å². The lowest BCUT2D eigenvalue weighted by molar-refractivity contribution is -0.125. The van der Waals surface area contributed by atoms with Gasteiger partial charge in [0, 0.05) is 23.7 Å². The minimum atomic E-state index is -0.665. The summed E-state index contributed by atoms with van der Waals surface area (Å²) in [5.74, 6) is 0.630. The van der Waals surface area contributed by atoms with Crippen LogP contribution in [0.15, 0.2) is 61.2 Å². The smallest absolute Gasteiger partial charge is 0.254 e. The van der Waals surface area contributed by atoms with E-state index in [1.54, 1.807) is 58.1 Å². The molecule has 2 heterocycles. The summed E-state index contributed by atoms with van der Waals surface area (Å²) < 4.78 is 7.40. The van der Waals surface area contributed by atoms with Crippen molar-refractivity contribution in [3.05, 3.63) is 71.8 Å². The van der Waals surface area contributed by atoms with Crippen molar-refractivity contribution in [3.8, 4) is 22.8 Å². The zero-order valence-electron chi connectivity index (χ0n) is 17.2. The number of nitrogens with zero attached hydrogens (tertiary/aromatic N) is 3. The maximum atomic E-state index is 12.2. The van der Waals surface area contributed by atoms with Crippen LogP contribution >= 0.6 is 11.6 Å². The molecule has 0 saturated carbocycles. The third-order valence-electron chi connectivity index (χ3n) is 5.37. The summed E-state index contributed by atoms with van der Waals surface area (Å²) in [6.07, 6.45) is 1.94. The van der Waals surface area contributed by atoms with Gasteiger partial charge in [-0.25, -0.2) is 4.68 Å². The van der Waals surface area contributed by atoms with Crippen molar-refractivity contribution in [2.45, 2.75) is 12.5 Å². The Morgan fingerprint density at radius 3 is 2.34 bits per heavy atom. The van der Waals surface area contributed by atoms with Crippen LogP contribution in [0.3, 0.4) is 0 Å². The molecule has 0 aliphatic carbocycles. The van der Waals surface area contributed by atoms with Gasteiger partial charge in [0.15, 0.2) is 0 Å². The van der Waals surface area contributed by atoms with E-state index in [4.69, 9.17) is 27.8 Å². The van der Waals surface area contributed by atoms with E-state index in [0.717, 1.165) is 0 Å². The number of ether oxygens (including phenoxy) is 1. The van der Waals surface area contributed by atoms with Gasteiger partial charge < -0.3 is 21.1 Å². The summed E-state index contributed by atoms with van der Waals surface area (Å²) in [5.41, 5.74) is 13.1. The molecule has 1 atom stereocenters. The molecule has 4 N–H and O–H groups in total. The van der Waals surface area contributed by atoms with Gasteiger partial charge in [-0.15, -0.1) is 0 Å². The fraction of sp³-hybridized carbons (Fsp3) is 0.174. The van der Waals surface area contributed by atoms with Crippen LogP contribution in [0.25, 0.3) is 11.3 Å². The molecule has 8 nitrogen and oxygen atoms in total. The van der Waals surface area contributed by atoms with E-state index >= 15 is 0 Å². The second-order valence-corrected chi connectivity index (χ2v) is 7.87. The van der Waals surface area contributed by atoms with E-state index in [9.17, 15) is 9.59 Å². The summed E-state index contributed by atoms with van der Waals surface area (Å²) in [6.45, 7) is 4.52. The lowest BCUT2D eigenvalue weighted by Crippen LogP contribution is -2.27. The van der Waals surface area contributed by atoms with Gasteiger partial charge in [0.05, 0.1) is 6.04 Å². The highest BCUT2D eigenvalue weighted by atomic mass is 35.5. The molecule has 1 aliphatic rings. The molecule has 164 valence electrons. The SMILES string of the molecule is C=CC(=O)N1CCC(n2nc(-c3ccc(Oc4ccc(Cl)cc4)cc3)c(C(N)=O)c2N)C1. The van der Waals surface area contributed by atoms with Crippen LogP contribution in [0, 0.1) is 0 Å². The number of halogens is 1. The normalized spacial score (nSPS) is 15.5. The summed E-state index contributed by atoms with van der Waals surface area (Å²) in [5, 5.41) is 5.22. The number of amides is 2. The predicted molar refractivity (Wildman–Crippen MR) is 123 cm³/mol. The van der Waals surface area contributed by atoms with Gasteiger partial charge in [0.2, 0.25) is 5.91 Å². The fourth-order valence-corrected chi connectivity index (χ4v) is 3.89. The fourth-order valence-electron chi connectivity index (χ4n) is 3.76. The molecule has 0 bridgehead atoms. The Kier molecular flexibility index (Phi) is 5.87. The van der Waals surface area contributed by atoms with Crippen LogP contribution in [0.5, 0.6) is 11.5 Å². The zero-order chi connectivity index (χ0) is 22.8. The summed E-state index contributed by atoms with van der Waals surface area (Å²) in [4.78, 5) is 25.8. The maximum Gasteiger partial charge on any atom is 0.254 e. The molecule has 0 spiro atoms. The number of benzene rings is 2.